The lowest BCUT2D eigenvalue weighted by atomic mass is 10.2. The largest absolute Gasteiger partial charge is 0.574 e. The molecule has 0 radical (unpaired) electrons. The summed E-state index contributed by atoms with van der Waals surface area (Å²) >= 11 is 0. The van der Waals surface area contributed by atoms with Crippen LogP contribution in [0, 0.1) is 15.9 Å². The molecule has 0 fully saturated rings. The van der Waals surface area contributed by atoms with E-state index in [4.69, 9.17) is 0 Å². The van der Waals surface area contributed by atoms with Crippen LogP contribution in [-0.2, 0) is 16.0 Å². The van der Waals surface area contributed by atoms with Gasteiger partial charge in [-0.25, -0.2) is 9.37 Å². The van der Waals surface area contributed by atoms with E-state index in [-0.39, 0.29) is 12.7 Å². The molecule has 116 valence electrons. The fourth-order valence-corrected chi connectivity index (χ4v) is 1.32. The third-order valence-corrected chi connectivity index (χ3v) is 2.03. The van der Waals surface area contributed by atoms with E-state index in [1.807, 2.05) is 0 Å². The smallest absolute Gasteiger partial charge is 0.466 e. The number of hydrogen-bond acceptors (Lipinski definition) is 6. The quantitative estimate of drug-likeness (QED) is 0.358. The second-order valence-corrected chi connectivity index (χ2v) is 3.53. The maximum absolute atomic E-state index is 13.3. The number of ether oxygens (including phenoxy) is 2. The van der Waals surface area contributed by atoms with E-state index < -0.39 is 46.8 Å². The molecule has 0 spiro atoms. The monoisotopic (exact) mass is 312 g/mol. The van der Waals surface area contributed by atoms with Crippen LogP contribution < -0.4 is 4.74 Å². The number of esters is 1. The van der Waals surface area contributed by atoms with Gasteiger partial charge in [-0.15, -0.1) is 13.2 Å². The van der Waals surface area contributed by atoms with Crippen LogP contribution in [0.5, 0.6) is 5.88 Å². The predicted octanol–water partition coefficient (Wildman–Crippen LogP) is 2.13. The summed E-state index contributed by atoms with van der Waals surface area (Å²) in [6.07, 6.45) is -6.02. The van der Waals surface area contributed by atoms with E-state index in [1.54, 1.807) is 0 Å². The second-order valence-electron chi connectivity index (χ2n) is 3.53. The van der Waals surface area contributed by atoms with Gasteiger partial charge in [0.1, 0.15) is 5.69 Å². The first kappa shape index (κ1) is 16.6. The summed E-state index contributed by atoms with van der Waals surface area (Å²) in [5.74, 6) is -4.14. The fraction of sp³-hybridized carbons (Fsp3) is 0.400. The molecule has 0 N–H and O–H groups in total. The highest BCUT2D eigenvalue weighted by Crippen LogP contribution is 2.28. The van der Waals surface area contributed by atoms with E-state index in [1.165, 1.54) is 6.92 Å². The SMILES string of the molecule is CCOC(=O)Cc1nc(OC(F)(F)F)c(F)cc1[N+](=O)[O-]. The van der Waals surface area contributed by atoms with Gasteiger partial charge in [0.05, 0.1) is 24.0 Å². The highest BCUT2D eigenvalue weighted by Gasteiger charge is 2.35. The average Bonchev–Trinajstić information content (AvgIpc) is 2.31. The van der Waals surface area contributed by atoms with E-state index >= 15 is 0 Å². The standard InChI is InChI=1S/C10H8F4N2O5/c1-2-20-8(17)4-6-7(16(18)19)3-5(11)9(15-6)21-10(12,13)14/h3H,2,4H2,1H3. The Kier molecular flexibility index (Phi) is 5.00. The maximum atomic E-state index is 13.3. The fourth-order valence-electron chi connectivity index (χ4n) is 1.32. The van der Waals surface area contributed by atoms with Gasteiger partial charge in [-0.05, 0) is 6.92 Å². The number of carbonyl (C=O) groups excluding carboxylic acids is 1. The molecule has 0 atom stereocenters. The van der Waals surface area contributed by atoms with Crippen molar-refractivity contribution in [3.8, 4) is 5.88 Å². The second kappa shape index (κ2) is 6.33. The molecule has 0 amide bonds. The predicted molar refractivity (Wildman–Crippen MR) is 57.9 cm³/mol. The minimum Gasteiger partial charge on any atom is -0.466 e. The van der Waals surface area contributed by atoms with Gasteiger partial charge >= 0.3 is 12.3 Å². The molecule has 21 heavy (non-hydrogen) atoms. The van der Waals surface area contributed by atoms with E-state index in [0.29, 0.717) is 0 Å². The van der Waals surface area contributed by atoms with Gasteiger partial charge in [0, 0.05) is 0 Å². The summed E-state index contributed by atoms with van der Waals surface area (Å²) in [5, 5.41) is 10.7. The highest BCUT2D eigenvalue weighted by molar-refractivity contribution is 5.73. The summed E-state index contributed by atoms with van der Waals surface area (Å²) in [7, 11) is 0. The van der Waals surface area contributed by atoms with Gasteiger partial charge in [-0.2, -0.15) is 0 Å². The molecule has 11 heteroatoms. The third-order valence-electron chi connectivity index (χ3n) is 2.03. The summed E-state index contributed by atoms with van der Waals surface area (Å²) in [6, 6.07) is 0.197. The van der Waals surface area contributed by atoms with Crippen molar-refractivity contribution in [2.24, 2.45) is 0 Å². The van der Waals surface area contributed by atoms with Crippen LogP contribution in [-0.4, -0.2) is 28.8 Å². The van der Waals surface area contributed by atoms with Gasteiger partial charge in [-0.3, -0.25) is 14.9 Å². The molecule has 0 aromatic carbocycles. The Morgan fingerprint density at radius 2 is 2.10 bits per heavy atom. The Bertz CT molecular complexity index is 561. The number of carbonyl (C=O) groups is 1. The number of nitro groups is 1. The molecule has 0 aliphatic rings. The molecule has 0 bridgehead atoms. The first-order chi connectivity index (χ1) is 9.64. The summed E-state index contributed by atoms with van der Waals surface area (Å²) in [4.78, 5) is 23.9. The normalized spacial score (nSPS) is 11.1. The van der Waals surface area contributed by atoms with E-state index in [9.17, 15) is 32.5 Å². The molecule has 0 aliphatic heterocycles. The average molecular weight is 312 g/mol. The van der Waals surface area contributed by atoms with Crippen LogP contribution in [0.4, 0.5) is 23.2 Å². The zero-order chi connectivity index (χ0) is 16.2. The molecule has 0 saturated heterocycles. The lowest BCUT2D eigenvalue weighted by Crippen LogP contribution is -2.20. The van der Waals surface area contributed by atoms with E-state index in [2.05, 4.69) is 14.5 Å². The highest BCUT2D eigenvalue weighted by atomic mass is 19.4. The maximum Gasteiger partial charge on any atom is 0.574 e. The third kappa shape index (κ3) is 4.85. The van der Waals surface area contributed by atoms with Crippen molar-refractivity contribution in [3.05, 3.63) is 27.7 Å². The topological polar surface area (TPSA) is 91.6 Å². The Balaban J connectivity index is 3.21. The van der Waals surface area contributed by atoms with Crippen LogP contribution in [0.25, 0.3) is 0 Å². The molecule has 1 heterocycles. The number of pyridine rings is 1. The lowest BCUT2D eigenvalue weighted by molar-refractivity contribution is -0.386. The Labute approximate surface area is 114 Å². The number of hydrogen-bond donors (Lipinski definition) is 0. The van der Waals surface area contributed by atoms with Crippen molar-refractivity contribution in [2.45, 2.75) is 19.7 Å². The van der Waals surface area contributed by atoms with Crippen LogP contribution in [0.1, 0.15) is 12.6 Å². The summed E-state index contributed by atoms with van der Waals surface area (Å²) in [6.45, 7) is 1.42. The van der Waals surface area contributed by atoms with Crippen LogP contribution >= 0.6 is 0 Å². The van der Waals surface area contributed by atoms with Crippen LogP contribution in [0.15, 0.2) is 6.07 Å². The van der Waals surface area contributed by atoms with Gasteiger partial charge in [0.2, 0.25) is 0 Å². The van der Waals surface area contributed by atoms with Crippen LogP contribution in [0.3, 0.4) is 0 Å². The minimum atomic E-state index is -5.23. The van der Waals surface area contributed by atoms with Crippen molar-refractivity contribution in [1.82, 2.24) is 4.98 Å². The Hall–Kier alpha value is -2.46. The minimum absolute atomic E-state index is 0.0419. The number of aromatic nitrogens is 1. The number of rotatable bonds is 5. The Morgan fingerprint density at radius 1 is 1.48 bits per heavy atom. The van der Waals surface area contributed by atoms with Gasteiger partial charge in [-0.1, -0.05) is 0 Å². The summed E-state index contributed by atoms with van der Waals surface area (Å²) in [5.41, 5.74) is -1.64. The number of alkyl halides is 3. The summed E-state index contributed by atoms with van der Waals surface area (Å²) < 4.78 is 57.2. The molecule has 0 aliphatic carbocycles. The van der Waals surface area contributed by atoms with E-state index in [0.717, 1.165) is 0 Å². The first-order valence-electron chi connectivity index (χ1n) is 5.39. The lowest BCUT2D eigenvalue weighted by Gasteiger charge is -2.10. The molecule has 0 saturated carbocycles. The zero-order valence-electron chi connectivity index (χ0n) is 10.4. The number of nitrogens with zero attached hydrogens (tertiary/aromatic N) is 2. The van der Waals surface area contributed by atoms with Crippen molar-refractivity contribution in [2.75, 3.05) is 6.61 Å². The molecule has 0 unspecified atom stereocenters. The molecular weight excluding hydrogens is 304 g/mol. The zero-order valence-corrected chi connectivity index (χ0v) is 10.4. The molecule has 1 aromatic rings. The van der Waals surface area contributed by atoms with Crippen LogP contribution in [0.2, 0.25) is 0 Å². The Morgan fingerprint density at radius 3 is 2.57 bits per heavy atom. The molecular formula is C10H8F4N2O5. The first-order valence-corrected chi connectivity index (χ1v) is 5.39. The number of halogens is 4. The van der Waals surface area contributed by atoms with Crippen molar-refractivity contribution in [1.29, 1.82) is 0 Å². The van der Waals surface area contributed by atoms with Crippen molar-refractivity contribution < 1.29 is 36.8 Å². The van der Waals surface area contributed by atoms with Gasteiger partial charge in [0.15, 0.2) is 5.82 Å². The van der Waals surface area contributed by atoms with Gasteiger partial charge in [0.25, 0.3) is 11.6 Å². The molecule has 7 nitrogen and oxygen atoms in total. The molecule has 1 rings (SSSR count). The molecule has 1 aromatic heterocycles. The van der Waals surface area contributed by atoms with Crippen molar-refractivity contribution in [3.63, 3.8) is 0 Å². The van der Waals surface area contributed by atoms with Crippen molar-refractivity contribution >= 4 is 11.7 Å². The van der Waals surface area contributed by atoms with Gasteiger partial charge < -0.3 is 9.47 Å².